The van der Waals surface area contributed by atoms with Gasteiger partial charge in [0.2, 0.25) is 0 Å². The molecule has 1 heterocycles. The molecule has 0 spiro atoms. The lowest BCUT2D eigenvalue weighted by molar-refractivity contribution is -0.137. The highest BCUT2D eigenvalue weighted by Gasteiger charge is 2.13. The quantitative estimate of drug-likeness (QED) is 0.572. The van der Waals surface area contributed by atoms with Gasteiger partial charge in [-0.05, 0) is 44.0 Å². The predicted octanol–water partition coefficient (Wildman–Crippen LogP) is 2.76. The van der Waals surface area contributed by atoms with Crippen LogP contribution in [0.25, 0.3) is 0 Å². The molecule has 6 nitrogen and oxygen atoms in total. The van der Waals surface area contributed by atoms with Crippen LogP contribution in [-0.2, 0) is 22.7 Å². The molecule has 0 aliphatic carbocycles. The molecule has 2 rings (SSSR count). The normalized spacial score (nSPS) is 10.6. The molecule has 0 aliphatic rings. The van der Waals surface area contributed by atoms with Crippen molar-refractivity contribution in [1.29, 1.82) is 0 Å². The Morgan fingerprint density at radius 2 is 1.91 bits per heavy atom. The molecule has 0 saturated carbocycles. The summed E-state index contributed by atoms with van der Waals surface area (Å²) in [6.07, 6.45) is 0. The lowest BCUT2D eigenvalue weighted by Crippen LogP contribution is -2.09. The second-order valence-electron chi connectivity index (χ2n) is 5.12. The summed E-state index contributed by atoms with van der Waals surface area (Å²) in [4.78, 5) is 11.2. The summed E-state index contributed by atoms with van der Waals surface area (Å²) in [7, 11) is 1.37. The Balaban J connectivity index is 2.05. The molecule has 0 aliphatic heterocycles. The zero-order valence-electron chi connectivity index (χ0n) is 13.8. The molecule has 0 N–H and O–H groups in total. The molecule has 1 aromatic heterocycles. The minimum absolute atomic E-state index is 0.215. The minimum Gasteiger partial charge on any atom is -0.486 e. The van der Waals surface area contributed by atoms with E-state index >= 15 is 0 Å². The SMILES string of the molecule is CCn1c(COc2cc(C)cc(C)c2)nnc1SCC(=O)OC. The van der Waals surface area contributed by atoms with Gasteiger partial charge in [0.15, 0.2) is 11.0 Å². The van der Waals surface area contributed by atoms with Crippen molar-refractivity contribution in [3.63, 3.8) is 0 Å². The van der Waals surface area contributed by atoms with Gasteiger partial charge in [-0.2, -0.15) is 0 Å². The molecule has 0 amide bonds. The maximum atomic E-state index is 11.2. The molecule has 0 bridgehead atoms. The van der Waals surface area contributed by atoms with Crippen molar-refractivity contribution in [3.8, 4) is 5.75 Å². The molecular formula is C16H21N3O3S. The Hall–Kier alpha value is -2.02. The second kappa shape index (κ2) is 8.01. The molecule has 124 valence electrons. The Kier molecular flexibility index (Phi) is 6.04. The number of aromatic nitrogens is 3. The molecule has 7 heteroatoms. The average Bonchev–Trinajstić information content (AvgIpc) is 2.91. The molecule has 1 aromatic carbocycles. The van der Waals surface area contributed by atoms with Crippen molar-refractivity contribution in [2.24, 2.45) is 0 Å². The highest BCUT2D eigenvalue weighted by atomic mass is 32.2. The van der Waals surface area contributed by atoms with Gasteiger partial charge in [-0.15, -0.1) is 10.2 Å². The lowest BCUT2D eigenvalue weighted by atomic mass is 10.1. The predicted molar refractivity (Wildman–Crippen MR) is 88.7 cm³/mol. The smallest absolute Gasteiger partial charge is 0.316 e. The largest absolute Gasteiger partial charge is 0.486 e. The van der Waals surface area contributed by atoms with Crippen LogP contribution in [0.15, 0.2) is 23.4 Å². The Labute approximate surface area is 140 Å². The molecule has 23 heavy (non-hydrogen) atoms. The molecule has 0 fully saturated rings. The first-order valence-electron chi connectivity index (χ1n) is 7.36. The minimum atomic E-state index is -0.284. The van der Waals surface area contributed by atoms with Crippen LogP contribution in [0.1, 0.15) is 23.9 Å². The molecule has 0 radical (unpaired) electrons. The first kappa shape index (κ1) is 17.3. The zero-order chi connectivity index (χ0) is 16.8. The number of methoxy groups -OCH3 is 1. The maximum Gasteiger partial charge on any atom is 0.316 e. The van der Waals surface area contributed by atoms with Gasteiger partial charge < -0.3 is 14.0 Å². The van der Waals surface area contributed by atoms with Crippen LogP contribution in [0.5, 0.6) is 5.75 Å². The van der Waals surface area contributed by atoms with E-state index in [1.165, 1.54) is 18.9 Å². The van der Waals surface area contributed by atoms with Crippen LogP contribution in [0.2, 0.25) is 0 Å². The van der Waals surface area contributed by atoms with E-state index < -0.39 is 0 Å². The second-order valence-corrected chi connectivity index (χ2v) is 6.06. The van der Waals surface area contributed by atoms with Gasteiger partial charge >= 0.3 is 5.97 Å². The third-order valence-electron chi connectivity index (χ3n) is 3.22. The molecule has 0 unspecified atom stereocenters. The van der Waals surface area contributed by atoms with E-state index in [0.29, 0.717) is 18.3 Å². The third kappa shape index (κ3) is 4.72. The number of carbonyl (C=O) groups excluding carboxylic acids is 1. The number of hydrogen-bond acceptors (Lipinski definition) is 6. The van der Waals surface area contributed by atoms with Crippen LogP contribution in [0.4, 0.5) is 0 Å². The fraction of sp³-hybridized carbons (Fsp3) is 0.438. The fourth-order valence-corrected chi connectivity index (χ4v) is 3.05. The van der Waals surface area contributed by atoms with E-state index in [4.69, 9.17) is 4.74 Å². The van der Waals surface area contributed by atoms with E-state index in [2.05, 4.69) is 21.0 Å². The number of nitrogens with zero attached hydrogens (tertiary/aromatic N) is 3. The number of aryl methyl sites for hydroxylation is 2. The van der Waals surface area contributed by atoms with Crippen LogP contribution in [0, 0.1) is 13.8 Å². The summed E-state index contributed by atoms with van der Waals surface area (Å²) in [5.41, 5.74) is 2.32. The van der Waals surface area contributed by atoms with Crippen LogP contribution >= 0.6 is 11.8 Å². The molecular weight excluding hydrogens is 314 g/mol. The Morgan fingerprint density at radius 1 is 1.22 bits per heavy atom. The van der Waals surface area contributed by atoms with Crippen molar-refractivity contribution in [3.05, 3.63) is 35.2 Å². The van der Waals surface area contributed by atoms with E-state index in [-0.39, 0.29) is 11.7 Å². The van der Waals surface area contributed by atoms with Crippen LogP contribution < -0.4 is 4.74 Å². The monoisotopic (exact) mass is 335 g/mol. The number of ether oxygens (including phenoxy) is 2. The van der Waals surface area contributed by atoms with Gasteiger partial charge in [0.05, 0.1) is 12.9 Å². The van der Waals surface area contributed by atoms with Gasteiger partial charge in [0.25, 0.3) is 0 Å². The number of esters is 1. The highest BCUT2D eigenvalue weighted by molar-refractivity contribution is 7.99. The lowest BCUT2D eigenvalue weighted by Gasteiger charge is -2.10. The van der Waals surface area contributed by atoms with Crippen molar-refractivity contribution >= 4 is 17.7 Å². The number of rotatable bonds is 7. The van der Waals surface area contributed by atoms with Crippen molar-refractivity contribution in [1.82, 2.24) is 14.8 Å². The first-order valence-corrected chi connectivity index (χ1v) is 8.34. The Bertz CT molecular complexity index is 665. The van der Waals surface area contributed by atoms with E-state index in [1.807, 2.05) is 37.5 Å². The van der Waals surface area contributed by atoms with Crippen molar-refractivity contribution < 1.29 is 14.3 Å². The summed E-state index contributed by atoms with van der Waals surface area (Å²) in [5.74, 6) is 1.48. The summed E-state index contributed by atoms with van der Waals surface area (Å²) in [6.45, 7) is 7.13. The number of carbonyl (C=O) groups is 1. The van der Waals surface area contributed by atoms with Crippen LogP contribution in [0.3, 0.4) is 0 Å². The van der Waals surface area contributed by atoms with Crippen molar-refractivity contribution in [2.45, 2.75) is 39.1 Å². The topological polar surface area (TPSA) is 66.2 Å². The Morgan fingerprint density at radius 3 is 2.52 bits per heavy atom. The van der Waals surface area contributed by atoms with Crippen molar-refractivity contribution in [2.75, 3.05) is 12.9 Å². The number of hydrogen-bond donors (Lipinski definition) is 0. The van der Waals surface area contributed by atoms with Gasteiger partial charge in [-0.1, -0.05) is 17.8 Å². The third-order valence-corrected chi connectivity index (χ3v) is 4.16. The van der Waals surface area contributed by atoms with Gasteiger partial charge in [0, 0.05) is 6.54 Å². The van der Waals surface area contributed by atoms with Gasteiger partial charge in [-0.3, -0.25) is 4.79 Å². The first-order chi connectivity index (χ1) is 11.0. The van der Waals surface area contributed by atoms with Crippen LogP contribution in [-0.4, -0.2) is 33.6 Å². The summed E-state index contributed by atoms with van der Waals surface area (Å²) >= 11 is 1.31. The highest BCUT2D eigenvalue weighted by Crippen LogP contribution is 2.20. The maximum absolute atomic E-state index is 11.2. The van der Waals surface area contributed by atoms with E-state index in [1.54, 1.807) is 0 Å². The fourth-order valence-electron chi connectivity index (χ4n) is 2.20. The summed E-state index contributed by atoms with van der Waals surface area (Å²) < 4.78 is 12.4. The molecule has 0 saturated heterocycles. The number of benzene rings is 1. The number of thioether (sulfide) groups is 1. The van der Waals surface area contributed by atoms with Gasteiger partial charge in [0.1, 0.15) is 12.4 Å². The average molecular weight is 335 g/mol. The molecule has 0 atom stereocenters. The summed E-state index contributed by atoms with van der Waals surface area (Å²) in [6, 6.07) is 6.09. The van der Waals surface area contributed by atoms with Gasteiger partial charge in [-0.25, -0.2) is 0 Å². The summed E-state index contributed by atoms with van der Waals surface area (Å²) in [5, 5.41) is 8.99. The standard InChI is InChI=1S/C16H21N3O3S/c1-5-19-14(17-18-16(19)23-10-15(20)21-4)9-22-13-7-11(2)6-12(3)8-13/h6-8H,5,9-10H2,1-4H3. The zero-order valence-corrected chi connectivity index (χ0v) is 14.6. The molecule has 2 aromatic rings. The van der Waals surface area contributed by atoms with E-state index in [9.17, 15) is 4.79 Å². The van der Waals surface area contributed by atoms with E-state index in [0.717, 1.165) is 22.7 Å².